The number of nitrogens with two attached hydrogens (primary N) is 1. The van der Waals surface area contributed by atoms with Crippen molar-refractivity contribution in [3.63, 3.8) is 0 Å². The number of aromatic nitrogens is 3. The molecule has 1 aromatic carbocycles. The highest BCUT2D eigenvalue weighted by Crippen LogP contribution is 2.22. The number of nitrogen functional groups attached to an aromatic ring is 1. The van der Waals surface area contributed by atoms with Crippen LogP contribution in [0.15, 0.2) is 30.6 Å². The van der Waals surface area contributed by atoms with Gasteiger partial charge in [-0.15, -0.1) is 5.10 Å². The highest BCUT2D eigenvalue weighted by Gasteiger charge is 2.15. The fourth-order valence-corrected chi connectivity index (χ4v) is 1.58. The van der Waals surface area contributed by atoms with E-state index in [1.165, 1.54) is 18.3 Å². The molecule has 9 nitrogen and oxygen atoms in total. The largest absolute Gasteiger partial charge is 0.393 e. The zero-order valence-corrected chi connectivity index (χ0v) is 10.4. The minimum atomic E-state index is -0.623. The third-order valence-electron chi connectivity index (χ3n) is 2.59. The second-order valence-corrected chi connectivity index (χ2v) is 3.95. The minimum absolute atomic E-state index is 0.0224. The van der Waals surface area contributed by atoms with E-state index in [4.69, 9.17) is 5.73 Å². The van der Waals surface area contributed by atoms with Crippen molar-refractivity contribution in [2.45, 2.75) is 6.54 Å². The van der Waals surface area contributed by atoms with Crippen molar-refractivity contribution in [1.82, 2.24) is 20.3 Å². The number of amides is 1. The second-order valence-electron chi connectivity index (χ2n) is 3.95. The van der Waals surface area contributed by atoms with Crippen molar-refractivity contribution in [1.29, 1.82) is 0 Å². The van der Waals surface area contributed by atoms with Crippen LogP contribution in [0, 0.1) is 10.1 Å². The Morgan fingerprint density at radius 1 is 1.50 bits per heavy atom. The summed E-state index contributed by atoms with van der Waals surface area (Å²) in [7, 11) is 0. The number of nitrogens with one attached hydrogen (secondary N) is 1. The van der Waals surface area contributed by atoms with Crippen molar-refractivity contribution in [2.75, 3.05) is 12.3 Å². The lowest BCUT2D eigenvalue weighted by atomic mass is 10.1. The number of anilines is 1. The Bertz CT molecular complexity index is 625. The monoisotopic (exact) mass is 276 g/mol. The third kappa shape index (κ3) is 3.07. The first kappa shape index (κ1) is 13.5. The zero-order chi connectivity index (χ0) is 14.5. The van der Waals surface area contributed by atoms with Gasteiger partial charge in [0.05, 0.1) is 17.7 Å². The second kappa shape index (κ2) is 5.78. The highest BCUT2D eigenvalue weighted by molar-refractivity contribution is 5.95. The van der Waals surface area contributed by atoms with Crippen molar-refractivity contribution >= 4 is 17.3 Å². The fraction of sp³-hybridized carbons (Fsp3) is 0.182. The van der Waals surface area contributed by atoms with Gasteiger partial charge in [0, 0.05) is 24.4 Å². The molecule has 0 aliphatic heterocycles. The van der Waals surface area contributed by atoms with Crippen LogP contribution in [0.5, 0.6) is 0 Å². The van der Waals surface area contributed by atoms with E-state index >= 15 is 0 Å². The predicted molar refractivity (Wildman–Crippen MR) is 69.9 cm³/mol. The average molecular weight is 276 g/mol. The molecule has 0 atom stereocenters. The van der Waals surface area contributed by atoms with Gasteiger partial charge < -0.3 is 11.1 Å². The first-order valence-corrected chi connectivity index (χ1v) is 5.74. The molecule has 0 unspecified atom stereocenters. The van der Waals surface area contributed by atoms with Gasteiger partial charge >= 0.3 is 0 Å². The van der Waals surface area contributed by atoms with E-state index in [1.54, 1.807) is 10.9 Å². The maximum Gasteiger partial charge on any atom is 0.292 e. The topological polar surface area (TPSA) is 129 Å². The van der Waals surface area contributed by atoms with E-state index in [-0.39, 0.29) is 16.9 Å². The van der Waals surface area contributed by atoms with E-state index in [0.29, 0.717) is 13.1 Å². The molecule has 0 saturated carbocycles. The number of hydrogen-bond donors (Lipinski definition) is 2. The molecule has 1 aromatic heterocycles. The first-order chi connectivity index (χ1) is 9.58. The summed E-state index contributed by atoms with van der Waals surface area (Å²) in [4.78, 5) is 22.0. The number of nitro benzene ring substituents is 1. The highest BCUT2D eigenvalue weighted by atomic mass is 16.6. The number of rotatable bonds is 5. The Morgan fingerprint density at radius 2 is 2.30 bits per heavy atom. The normalized spacial score (nSPS) is 10.2. The molecule has 2 aromatic rings. The first-order valence-electron chi connectivity index (χ1n) is 5.74. The molecule has 0 fully saturated rings. The van der Waals surface area contributed by atoms with Gasteiger partial charge in [0.2, 0.25) is 0 Å². The van der Waals surface area contributed by atoms with Crippen LogP contribution in [0.3, 0.4) is 0 Å². The van der Waals surface area contributed by atoms with Crippen LogP contribution in [0.25, 0.3) is 0 Å². The van der Waals surface area contributed by atoms with Crippen LogP contribution in [-0.2, 0) is 6.54 Å². The molecule has 3 N–H and O–H groups in total. The number of benzene rings is 1. The number of nitrogens with zero attached hydrogens (tertiary/aromatic N) is 4. The minimum Gasteiger partial charge on any atom is -0.393 e. The molecule has 2 rings (SSSR count). The zero-order valence-electron chi connectivity index (χ0n) is 10.4. The molecule has 20 heavy (non-hydrogen) atoms. The summed E-state index contributed by atoms with van der Waals surface area (Å²) in [6.07, 6.45) is 3.20. The number of hydrogen-bond acceptors (Lipinski definition) is 6. The van der Waals surface area contributed by atoms with Gasteiger partial charge in [0.25, 0.3) is 11.6 Å². The SMILES string of the molecule is Nc1ccc(C(=O)NCCn2ccnn2)cc1[N+](=O)[O-]. The lowest BCUT2D eigenvalue weighted by Crippen LogP contribution is -2.27. The summed E-state index contributed by atoms with van der Waals surface area (Å²) in [5, 5.41) is 20.7. The van der Waals surface area contributed by atoms with E-state index in [2.05, 4.69) is 15.6 Å². The Morgan fingerprint density at radius 3 is 2.95 bits per heavy atom. The standard InChI is InChI=1S/C11H12N6O3/c12-9-2-1-8(7-10(9)17(19)20)11(18)13-3-5-16-6-4-14-15-16/h1-2,4,6-7H,3,5,12H2,(H,13,18). The van der Waals surface area contributed by atoms with E-state index < -0.39 is 10.8 Å². The maximum atomic E-state index is 11.8. The van der Waals surface area contributed by atoms with E-state index in [0.717, 1.165) is 6.07 Å². The third-order valence-corrected chi connectivity index (χ3v) is 2.59. The summed E-state index contributed by atoms with van der Waals surface area (Å²) >= 11 is 0. The molecule has 1 amide bonds. The fourth-order valence-electron chi connectivity index (χ4n) is 1.58. The maximum absolute atomic E-state index is 11.8. The summed E-state index contributed by atoms with van der Waals surface area (Å²) in [5.41, 5.74) is 5.39. The van der Waals surface area contributed by atoms with E-state index in [9.17, 15) is 14.9 Å². The molecule has 0 saturated heterocycles. The van der Waals surface area contributed by atoms with Crippen LogP contribution in [0.2, 0.25) is 0 Å². The average Bonchev–Trinajstić information content (AvgIpc) is 2.92. The molecule has 0 radical (unpaired) electrons. The van der Waals surface area contributed by atoms with Gasteiger partial charge in [-0.1, -0.05) is 5.21 Å². The Labute approximate surface area is 113 Å². The van der Waals surface area contributed by atoms with Gasteiger partial charge in [-0.3, -0.25) is 19.6 Å². The van der Waals surface area contributed by atoms with Crippen molar-refractivity contribution < 1.29 is 9.72 Å². The lowest BCUT2D eigenvalue weighted by molar-refractivity contribution is -0.383. The molecule has 0 aliphatic carbocycles. The quantitative estimate of drug-likeness (QED) is 0.456. The summed E-state index contributed by atoms with van der Waals surface area (Å²) in [6, 6.07) is 3.93. The molecule has 0 aliphatic rings. The Hall–Kier alpha value is -2.97. The van der Waals surface area contributed by atoms with Crippen molar-refractivity contribution in [3.8, 4) is 0 Å². The van der Waals surface area contributed by atoms with Crippen molar-refractivity contribution in [2.24, 2.45) is 0 Å². The summed E-state index contributed by atoms with van der Waals surface area (Å²) in [5.74, 6) is -0.409. The Balaban J connectivity index is 1.98. The smallest absolute Gasteiger partial charge is 0.292 e. The van der Waals surface area contributed by atoms with Gasteiger partial charge in [0.15, 0.2) is 0 Å². The number of nitro groups is 1. The molecule has 104 valence electrons. The van der Waals surface area contributed by atoms with Gasteiger partial charge in [-0.25, -0.2) is 0 Å². The predicted octanol–water partition coefficient (Wildman–Crippen LogP) is 0.198. The molecular formula is C11H12N6O3. The van der Waals surface area contributed by atoms with Crippen LogP contribution < -0.4 is 11.1 Å². The molecule has 9 heteroatoms. The molecule has 0 bridgehead atoms. The molecule has 0 spiro atoms. The Kier molecular flexibility index (Phi) is 3.89. The number of carbonyl (C=O) groups is 1. The van der Waals surface area contributed by atoms with Crippen LogP contribution in [0.4, 0.5) is 11.4 Å². The van der Waals surface area contributed by atoms with Crippen LogP contribution >= 0.6 is 0 Å². The van der Waals surface area contributed by atoms with Crippen LogP contribution in [0.1, 0.15) is 10.4 Å². The lowest BCUT2D eigenvalue weighted by Gasteiger charge is -2.05. The molecule has 1 heterocycles. The number of carbonyl (C=O) groups excluding carboxylic acids is 1. The van der Waals surface area contributed by atoms with Crippen LogP contribution in [-0.4, -0.2) is 32.4 Å². The summed E-state index contributed by atoms with van der Waals surface area (Å²) in [6.45, 7) is 0.795. The van der Waals surface area contributed by atoms with Gasteiger partial charge in [-0.05, 0) is 12.1 Å². The summed E-state index contributed by atoms with van der Waals surface area (Å²) < 4.78 is 1.56. The van der Waals surface area contributed by atoms with Gasteiger partial charge in [-0.2, -0.15) is 0 Å². The van der Waals surface area contributed by atoms with Crippen molar-refractivity contribution in [3.05, 3.63) is 46.3 Å². The van der Waals surface area contributed by atoms with Gasteiger partial charge in [0.1, 0.15) is 5.69 Å². The molecular weight excluding hydrogens is 264 g/mol. The van der Waals surface area contributed by atoms with E-state index in [1.807, 2.05) is 0 Å².